The average Bonchev–Trinajstić information content (AvgIpc) is 2.66. The molecule has 0 atom stereocenters. The maximum absolute atomic E-state index is 14.0. The van der Waals surface area contributed by atoms with Gasteiger partial charge >= 0.3 is 0 Å². The van der Waals surface area contributed by atoms with Gasteiger partial charge in [-0.2, -0.15) is 0 Å². The molecule has 0 fully saturated rings. The molecule has 0 bridgehead atoms. The van der Waals surface area contributed by atoms with Crippen molar-refractivity contribution >= 4 is 16.7 Å². The summed E-state index contributed by atoms with van der Waals surface area (Å²) < 4.78 is 24.8. The van der Waals surface area contributed by atoms with Crippen LogP contribution in [0.3, 0.4) is 0 Å². The zero-order chi connectivity index (χ0) is 17.4. The molecule has 0 aliphatic carbocycles. The number of ether oxygens (including phenoxy) is 2. The van der Waals surface area contributed by atoms with E-state index in [0.717, 1.165) is 35.5 Å². The Morgan fingerprint density at radius 3 is 2.56 bits per heavy atom. The Kier molecular flexibility index (Phi) is 3.87. The Morgan fingerprint density at radius 1 is 1.04 bits per heavy atom. The summed E-state index contributed by atoms with van der Waals surface area (Å²) in [6.45, 7) is 1.48. The van der Waals surface area contributed by atoms with Gasteiger partial charge in [0.15, 0.2) is 11.5 Å². The number of methoxy groups -OCH3 is 2. The lowest BCUT2D eigenvalue weighted by atomic mass is 9.98. The van der Waals surface area contributed by atoms with Crippen molar-refractivity contribution in [2.75, 3.05) is 25.7 Å². The molecule has 128 valence electrons. The minimum atomic E-state index is -0.329. The fraction of sp³-hybridized carbons (Fsp3) is 0.263. The number of hydrogen-bond acceptors (Lipinski definition) is 5. The quantitative estimate of drug-likeness (QED) is 0.732. The van der Waals surface area contributed by atoms with Crippen LogP contribution in [0.5, 0.6) is 11.5 Å². The Bertz CT molecular complexity index is 945. The summed E-state index contributed by atoms with van der Waals surface area (Å²) in [6, 6.07) is 9.00. The van der Waals surface area contributed by atoms with Crippen molar-refractivity contribution in [2.24, 2.45) is 0 Å². The van der Waals surface area contributed by atoms with Crippen molar-refractivity contribution in [3.05, 3.63) is 53.6 Å². The summed E-state index contributed by atoms with van der Waals surface area (Å²) in [5, 5.41) is 0.728. The second kappa shape index (κ2) is 6.20. The van der Waals surface area contributed by atoms with Crippen molar-refractivity contribution < 1.29 is 13.9 Å². The van der Waals surface area contributed by atoms with Crippen molar-refractivity contribution in [3.8, 4) is 11.5 Å². The number of rotatable bonds is 3. The van der Waals surface area contributed by atoms with E-state index >= 15 is 0 Å². The first-order valence-corrected chi connectivity index (χ1v) is 8.09. The van der Waals surface area contributed by atoms with E-state index in [-0.39, 0.29) is 5.82 Å². The van der Waals surface area contributed by atoms with Crippen LogP contribution >= 0.6 is 0 Å². The Balaban J connectivity index is 1.75. The minimum Gasteiger partial charge on any atom is -0.493 e. The van der Waals surface area contributed by atoms with E-state index in [1.807, 2.05) is 18.2 Å². The van der Waals surface area contributed by atoms with Crippen LogP contribution in [-0.4, -0.2) is 30.7 Å². The van der Waals surface area contributed by atoms with Crippen LogP contribution < -0.4 is 14.4 Å². The monoisotopic (exact) mass is 339 g/mol. The normalized spacial score (nSPS) is 13.6. The molecule has 1 aliphatic rings. The van der Waals surface area contributed by atoms with Crippen LogP contribution in [0.4, 0.5) is 10.2 Å². The van der Waals surface area contributed by atoms with Gasteiger partial charge in [-0.15, -0.1) is 0 Å². The highest BCUT2D eigenvalue weighted by atomic mass is 19.1. The van der Waals surface area contributed by atoms with Crippen LogP contribution in [-0.2, 0) is 13.0 Å². The van der Waals surface area contributed by atoms with Crippen LogP contribution in [0.15, 0.2) is 36.7 Å². The Labute approximate surface area is 145 Å². The molecule has 0 radical (unpaired) electrons. The second-order valence-electron chi connectivity index (χ2n) is 5.98. The lowest BCUT2D eigenvalue weighted by Gasteiger charge is -2.31. The molecule has 3 aromatic rings. The first-order chi connectivity index (χ1) is 12.2. The van der Waals surface area contributed by atoms with Crippen molar-refractivity contribution in [2.45, 2.75) is 13.0 Å². The van der Waals surface area contributed by atoms with Gasteiger partial charge in [0.25, 0.3) is 0 Å². The molecule has 25 heavy (non-hydrogen) atoms. The number of benzene rings is 2. The highest BCUT2D eigenvalue weighted by Crippen LogP contribution is 2.35. The molecule has 0 N–H and O–H groups in total. The zero-order valence-electron chi connectivity index (χ0n) is 14.1. The van der Waals surface area contributed by atoms with Crippen molar-refractivity contribution in [1.82, 2.24) is 9.97 Å². The lowest BCUT2D eigenvalue weighted by Crippen LogP contribution is -2.31. The number of para-hydroxylation sites is 1. The molecule has 0 amide bonds. The number of fused-ring (bicyclic) bond motifs is 2. The van der Waals surface area contributed by atoms with Crippen LogP contribution in [0.25, 0.3) is 10.9 Å². The van der Waals surface area contributed by atoms with Crippen molar-refractivity contribution in [1.29, 1.82) is 0 Å². The molecule has 6 heteroatoms. The molecule has 5 nitrogen and oxygen atoms in total. The summed E-state index contributed by atoms with van der Waals surface area (Å²) in [5.74, 6) is 1.88. The zero-order valence-corrected chi connectivity index (χ0v) is 14.1. The molecular formula is C19H18FN3O2. The third-order valence-electron chi connectivity index (χ3n) is 4.61. The molecule has 0 unspecified atom stereocenters. The molecule has 2 aromatic carbocycles. The summed E-state index contributed by atoms with van der Waals surface area (Å²) in [5.41, 5.74) is 2.75. The third-order valence-corrected chi connectivity index (χ3v) is 4.61. The Morgan fingerprint density at radius 2 is 1.80 bits per heavy atom. The van der Waals surface area contributed by atoms with Gasteiger partial charge in [0.1, 0.15) is 23.5 Å². The predicted octanol–water partition coefficient (Wildman–Crippen LogP) is 3.35. The molecule has 0 saturated carbocycles. The van der Waals surface area contributed by atoms with Crippen LogP contribution in [0.2, 0.25) is 0 Å². The fourth-order valence-corrected chi connectivity index (χ4v) is 3.35. The van der Waals surface area contributed by atoms with Gasteiger partial charge in [-0.3, -0.25) is 0 Å². The van der Waals surface area contributed by atoms with E-state index in [4.69, 9.17) is 9.47 Å². The molecular weight excluding hydrogens is 321 g/mol. The maximum Gasteiger partial charge on any atom is 0.161 e. The number of halogens is 1. The second-order valence-corrected chi connectivity index (χ2v) is 5.98. The van der Waals surface area contributed by atoms with E-state index in [1.165, 1.54) is 18.0 Å². The Hall–Kier alpha value is -2.89. The molecule has 1 aromatic heterocycles. The smallest absolute Gasteiger partial charge is 0.161 e. The van der Waals surface area contributed by atoms with E-state index in [1.54, 1.807) is 20.3 Å². The molecule has 2 heterocycles. The summed E-state index contributed by atoms with van der Waals surface area (Å²) in [4.78, 5) is 10.6. The first-order valence-electron chi connectivity index (χ1n) is 8.09. The predicted molar refractivity (Wildman–Crippen MR) is 93.8 cm³/mol. The van der Waals surface area contributed by atoms with E-state index in [2.05, 4.69) is 14.9 Å². The summed E-state index contributed by atoms with van der Waals surface area (Å²) in [7, 11) is 3.27. The lowest BCUT2D eigenvalue weighted by molar-refractivity contribution is 0.353. The minimum absolute atomic E-state index is 0.329. The number of nitrogens with zero attached hydrogens (tertiary/aromatic N) is 3. The largest absolute Gasteiger partial charge is 0.493 e. The molecule has 0 spiro atoms. The van der Waals surface area contributed by atoms with E-state index in [0.29, 0.717) is 17.8 Å². The first kappa shape index (κ1) is 15.6. The number of hydrogen-bond donors (Lipinski definition) is 0. The highest BCUT2D eigenvalue weighted by molar-refractivity contribution is 5.89. The van der Waals surface area contributed by atoms with Crippen molar-refractivity contribution in [3.63, 3.8) is 0 Å². The standard InChI is InChI=1S/C19H18FN3O2/c1-24-16-8-12-6-7-23(10-13(12)9-17(16)25-2)19-14-4-3-5-15(20)18(14)21-11-22-19/h3-5,8-9,11H,6-7,10H2,1-2H3. The highest BCUT2D eigenvalue weighted by Gasteiger charge is 2.22. The topological polar surface area (TPSA) is 47.5 Å². The van der Waals surface area contributed by atoms with E-state index < -0.39 is 0 Å². The van der Waals surface area contributed by atoms with Gasteiger partial charge in [0.05, 0.1) is 14.2 Å². The SMILES string of the molecule is COc1cc2c(cc1OC)CN(c1ncnc3c(F)cccc13)CC2. The van der Waals surface area contributed by atoms with Gasteiger partial charge in [0, 0.05) is 18.5 Å². The van der Waals surface area contributed by atoms with Gasteiger partial charge in [-0.05, 0) is 41.8 Å². The molecule has 0 saturated heterocycles. The van der Waals surface area contributed by atoms with Gasteiger partial charge in [-0.25, -0.2) is 14.4 Å². The average molecular weight is 339 g/mol. The van der Waals surface area contributed by atoms with Crippen LogP contribution in [0, 0.1) is 5.82 Å². The summed E-state index contributed by atoms with van der Waals surface area (Å²) in [6.07, 6.45) is 2.28. The van der Waals surface area contributed by atoms with Gasteiger partial charge < -0.3 is 14.4 Å². The summed E-state index contributed by atoms with van der Waals surface area (Å²) >= 11 is 0. The number of aromatic nitrogens is 2. The van der Waals surface area contributed by atoms with Gasteiger partial charge in [0.2, 0.25) is 0 Å². The molecule has 4 rings (SSSR count). The third kappa shape index (κ3) is 2.63. The van der Waals surface area contributed by atoms with Gasteiger partial charge in [-0.1, -0.05) is 6.07 Å². The number of anilines is 1. The fourth-order valence-electron chi connectivity index (χ4n) is 3.35. The maximum atomic E-state index is 14.0. The molecule has 1 aliphatic heterocycles. The van der Waals surface area contributed by atoms with E-state index in [9.17, 15) is 4.39 Å². The van der Waals surface area contributed by atoms with Crippen LogP contribution in [0.1, 0.15) is 11.1 Å².